The molecule has 1 unspecified atom stereocenters. The molecule has 19 heavy (non-hydrogen) atoms. The third-order valence-electron chi connectivity index (χ3n) is 3.01. The van der Waals surface area contributed by atoms with E-state index in [2.05, 4.69) is 5.32 Å². The zero-order valence-corrected chi connectivity index (χ0v) is 12.2. The van der Waals surface area contributed by atoms with Crippen molar-refractivity contribution in [3.05, 3.63) is 22.2 Å². The van der Waals surface area contributed by atoms with Crippen LogP contribution in [-0.2, 0) is 9.59 Å². The fourth-order valence-corrected chi connectivity index (χ4v) is 2.42. The summed E-state index contributed by atoms with van der Waals surface area (Å²) in [5, 5.41) is 3.90. The molecule has 1 N–H and O–H groups in total. The molecule has 1 heterocycles. The predicted molar refractivity (Wildman–Crippen MR) is 77.2 cm³/mol. The van der Waals surface area contributed by atoms with Gasteiger partial charge in [0, 0.05) is 0 Å². The van der Waals surface area contributed by atoms with Crippen LogP contribution in [0.25, 0.3) is 0 Å². The quantitative estimate of drug-likeness (QED) is 0.933. The summed E-state index contributed by atoms with van der Waals surface area (Å²) < 4.78 is 0. The van der Waals surface area contributed by atoms with Crippen molar-refractivity contribution in [2.24, 2.45) is 0 Å². The Morgan fingerprint density at radius 3 is 2.58 bits per heavy atom. The molecule has 6 heteroatoms. The van der Waals surface area contributed by atoms with Crippen molar-refractivity contribution in [2.45, 2.75) is 26.3 Å². The third kappa shape index (κ3) is 2.69. The number of carbonyl (C=O) groups excluding carboxylic acids is 2. The van der Waals surface area contributed by atoms with Gasteiger partial charge in [0.15, 0.2) is 0 Å². The Morgan fingerprint density at radius 2 is 2.00 bits per heavy atom. The first-order valence-corrected chi connectivity index (χ1v) is 6.76. The number of amides is 1. The lowest BCUT2D eigenvalue weighted by atomic mass is 10.1. The lowest BCUT2D eigenvalue weighted by Gasteiger charge is -2.34. The number of nitrogens with one attached hydrogen (secondary N) is 1. The molecule has 4 nitrogen and oxygen atoms in total. The van der Waals surface area contributed by atoms with Crippen LogP contribution in [0.4, 0.5) is 11.4 Å². The third-order valence-corrected chi connectivity index (χ3v) is 3.73. The minimum Gasteiger partial charge on any atom is -0.372 e. The number of fused-ring (bicyclic) bond motifs is 1. The van der Waals surface area contributed by atoms with E-state index in [4.69, 9.17) is 23.2 Å². The number of nitrogens with zero attached hydrogens (tertiary/aromatic N) is 1. The van der Waals surface area contributed by atoms with E-state index in [1.54, 1.807) is 12.1 Å². The highest BCUT2D eigenvalue weighted by Crippen LogP contribution is 2.38. The summed E-state index contributed by atoms with van der Waals surface area (Å²) in [7, 11) is 0. The van der Waals surface area contributed by atoms with Gasteiger partial charge in [-0.1, -0.05) is 30.1 Å². The maximum absolute atomic E-state index is 12.3. The summed E-state index contributed by atoms with van der Waals surface area (Å²) in [5.41, 5.74) is 1.32. The molecule has 102 valence electrons. The molecule has 0 aliphatic carbocycles. The van der Waals surface area contributed by atoms with E-state index in [1.165, 1.54) is 11.8 Å². The SMILES string of the molecule is CCC1Nc2cc(Cl)c(Cl)cc2N(CC(C)=O)C1=O. The van der Waals surface area contributed by atoms with Crippen LogP contribution < -0.4 is 10.2 Å². The van der Waals surface area contributed by atoms with Gasteiger partial charge in [0.1, 0.15) is 11.8 Å². The Balaban J connectivity index is 2.50. The standard InChI is InChI=1S/C13H14Cl2N2O2/c1-3-10-13(19)17(6-7(2)18)12-5-9(15)8(14)4-11(12)16-10/h4-5,10,16H,3,6H2,1-2H3. The van der Waals surface area contributed by atoms with Crippen LogP contribution in [0, 0.1) is 0 Å². The van der Waals surface area contributed by atoms with Crippen molar-refractivity contribution < 1.29 is 9.59 Å². The molecule has 0 spiro atoms. The zero-order valence-electron chi connectivity index (χ0n) is 10.7. The van der Waals surface area contributed by atoms with E-state index in [0.29, 0.717) is 22.2 Å². The Morgan fingerprint density at radius 1 is 1.37 bits per heavy atom. The van der Waals surface area contributed by atoms with Gasteiger partial charge in [-0.25, -0.2) is 0 Å². The Labute approximate surface area is 121 Å². The molecule has 1 aromatic carbocycles. The number of Topliss-reactive ketones (excluding diaryl/α,β-unsaturated/α-hetero) is 1. The van der Waals surface area contributed by atoms with E-state index in [1.807, 2.05) is 6.92 Å². The number of rotatable bonds is 3. The Kier molecular flexibility index (Phi) is 4.02. The number of carbonyl (C=O) groups is 2. The second-order valence-corrected chi connectivity index (χ2v) is 5.33. The molecule has 0 aromatic heterocycles. The molecule has 1 amide bonds. The molecular formula is C13H14Cl2N2O2. The lowest BCUT2D eigenvalue weighted by molar-refractivity contribution is -0.122. The normalized spacial score (nSPS) is 18.0. The molecule has 0 bridgehead atoms. The van der Waals surface area contributed by atoms with Crippen LogP contribution in [0.1, 0.15) is 20.3 Å². The first-order chi connectivity index (χ1) is 8.93. The first kappa shape index (κ1) is 14.2. The van der Waals surface area contributed by atoms with Gasteiger partial charge >= 0.3 is 0 Å². The van der Waals surface area contributed by atoms with E-state index < -0.39 is 0 Å². The Bertz CT molecular complexity index is 546. The number of halogens is 2. The van der Waals surface area contributed by atoms with Crippen LogP contribution in [0.15, 0.2) is 12.1 Å². The topological polar surface area (TPSA) is 49.4 Å². The van der Waals surface area contributed by atoms with E-state index in [-0.39, 0.29) is 24.3 Å². The van der Waals surface area contributed by atoms with Crippen LogP contribution in [-0.4, -0.2) is 24.3 Å². The number of hydrogen-bond acceptors (Lipinski definition) is 3. The minimum atomic E-state index is -0.343. The van der Waals surface area contributed by atoms with Gasteiger partial charge in [0.2, 0.25) is 5.91 Å². The first-order valence-electron chi connectivity index (χ1n) is 6.00. The fourth-order valence-electron chi connectivity index (χ4n) is 2.09. The van der Waals surface area contributed by atoms with Crippen LogP contribution >= 0.6 is 23.2 Å². The van der Waals surface area contributed by atoms with Gasteiger partial charge in [-0.15, -0.1) is 0 Å². The van der Waals surface area contributed by atoms with E-state index in [9.17, 15) is 9.59 Å². The van der Waals surface area contributed by atoms with E-state index >= 15 is 0 Å². The maximum Gasteiger partial charge on any atom is 0.249 e. The summed E-state index contributed by atoms with van der Waals surface area (Å²) in [6.45, 7) is 3.40. The van der Waals surface area contributed by atoms with Crippen molar-refractivity contribution >= 4 is 46.3 Å². The van der Waals surface area contributed by atoms with Crippen LogP contribution in [0.3, 0.4) is 0 Å². The largest absolute Gasteiger partial charge is 0.372 e. The average Bonchev–Trinajstić information content (AvgIpc) is 2.34. The van der Waals surface area contributed by atoms with Crippen LogP contribution in [0.2, 0.25) is 10.0 Å². The molecule has 2 rings (SSSR count). The van der Waals surface area contributed by atoms with Gasteiger partial charge < -0.3 is 10.2 Å². The predicted octanol–water partition coefficient (Wildman–Crippen LogP) is 3.12. The second kappa shape index (κ2) is 5.39. The average molecular weight is 301 g/mol. The molecule has 1 aliphatic heterocycles. The molecule has 0 fully saturated rings. The maximum atomic E-state index is 12.3. The second-order valence-electron chi connectivity index (χ2n) is 4.52. The van der Waals surface area contributed by atoms with Crippen molar-refractivity contribution in [1.82, 2.24) is 0 Å². The minimum absolute atomic E-state index is 0.0436. The molecule has 0 saturated heterocycles. The van der Waals surface area contributed by atoms with Crippen molar-refractivity contribution in [3.63, 3.8) is 0 Å². The van der Waals surface area contributed by atoms with Crippen molar-refractivity contribution in [2.75, 3.05) is 16.8 Å². The molecular weight excluding hydrogens is 287 g/mol. The van der Waals surface area contributed by atoms with Gasteiger partial charge in [-0.3, -0.25) is 9.59 Å². The number of benzene rings is 1. The lowest BCUT2D eigenvalue weighted by Crippen LogP contribution is -2.48. The number of ketones is 1. The van der Waals surface area contributed by atoms with Gasteiger partial charge in [-0.2, -0.15) is 0 Å². The molecule has 0 radical (unpaired) electrons. The van der Waals surface area contributed by atoms with Crippen LogP contribution in [0.5, 0.6) is 0 Å². The summed E-state index contributed by atoms with van der Waals surface area (Å²) >= 11 is 12.0. The van der Waals surface area contributed by atoms with Gasteiger partial charge in [0.25, 0.3) is 0 Å². The summed E-state index contributed by atoms with van der Waals surface area (Å²) in [6, 6.07) is 2.95. The highest BCUT2D eigenvalue weighted by molar-refractivity contribution is 6.42. The van der Waals surface area contributed by atoms with Crippen molar-refractivity contribution in [1.29, 1.82) is 0 Å². The Hall–Kier alpha value is -1.26. The number of hydrogen-bond donors (Lipinski definition) is 1. The fraction of sp³-hybridized carbons (Fsp3) is 0.385. The van der Waals surface area contributed by atoms with Gasteiger partial charge in [0.05, 0.1) is 28.0 Å². The number of anilines is 2. The van der Waals surface area contributed by atoms with Gasteiger partial charge in [-0.05, 0) is 25.5 Å². The van der Waals surface area contributed by atoms with Crippen molar-refractivity contribution in [3.8, 4) is 0 Å². The monoisotopic (exact) mass is 300 g/mol. The summed E-state index contributed by atoms with van der Waals surface area (Å²) in [5.74, 6) is -0.203. The summed E-state index contributed by atoms with van der Waals surface area (Å²) in [4.78, 5) is 25.1. The molecule has 0 saturated carbocycles. The molecule has 1 aliphatic rings. The zero-order chi connectivity index (χ0) is 14.2. The van der Waals surface area contributed by atoms with E-state index in [0.717, 1.165) is 5.69 Å². The summed E-state index contributed by atoms with van der Waals surface area (Å²) in [6.07, 6.45) is 0.632. The molecule has 1 aromatic rings. The molecule has 1 atom stereocenters. The smallest absolute Gasteiger partial charge is 0.249 e. The highest BCUT2D eigenvalue weighted by atomic mass is 35.5. The highest BCUT2D eigenvalue weighted by Gasteiger charge is 2.32.